The smallest absolute Gasteiger partial charge is 0.277 e. The minimum atomic E-state index is -0.264. The van der Waals surface area contributed by atoms with Crippen LogP contribution in [0.3, 0.4) is 0 Å². The van der Waals surface area contributed by atoms with Crippen LogP contribution >= 0.6 is 11.8 Å². The highest BCUT2D eigenvalue weighted by Gasteiger charge is 2.15. The van der Waals surface area contributed by atoms with E-state index in [2.05, 4.69) is 36.3 Å². The quantitative estimate of drug-likeness (QED) is 0.779. The molecule has 0 unspecified atom stereocenters. The molecule has 1 heterocycles. The van der Waals surface area contributed by atoms with Gasteiger partial charge < -0.3 is 14.6 Å². The van der Waals surface area contributed by atoms with Gasteiger partial charge in [0, 0.05) is 19.7 Å². The van der Waals surface area contributed by atoms with Crippen molar-refractivity contribution in [2.24, 2.45) is 0 Å². The first-order valence-electron chi connectivity index (χ1n) is 8.21. The van der Waals surface area contributed by atoms with Gasteiger partial charge in [0.2, 0.25) is 17.7 Å². The second kappa shape index (κ2) is 8.35. The first-order valence-corrected chi connectivity index (χ1v) is 9.19. The van der Waals surface area contributed by atoms with Gasteiger partial charge in [0.05, 0.1) is 12.3 Å². The third kappa shape index (κ3) is 5.59. The lowest BCUT2D eigenvalue weighted by Gasteiger charge is -2.18. The van der Waals surface area contributed by atoms with Gasteiger partial charge in [-0.3, -0.25) is 9.59 Å². The second-order valence-electron chi connectivity index (χ2n) is 7.05. The minimum absolute atomic E-state index is 0.0262. The number of benzene rings is 1. The molecule has 0 radical (unpaired) electrons. The van der Waals surface area contributed by atoms with E-state index >= 15 is 0 Å². The molecule has 26 heavy (non-hydrogen) atoms. The zero-order valence-corrected chi connectivity index (χ0v) is 16.5. The van der Waals surface area contributed by atoms with Crippen molar-refractivity contribution in [2.45, 2.75) is 31.4 Å². The topological polar surface area (TPSA) is 88.3 Å². The van der Waals surface area contributed by atoms with Crippen LogP contribution in [0, 0.1) is 0 Å². The molecule has 2 rings (SSSR count). The molecule has 0 saturated heterocycles. The highest BCUT2D eigenvalue weighted by atomic mass is 32.2. The molecule has 0 saturated carbocycles. The number of hydrogen-bond acceptors (Lipinski definition) is 6. The van der Waals surface area contributed by atoms with E-state index in [0.29, 0.717) is 11.1 Å². The highest BCUT2D eigenvalue weighted by molar-refractivity contribution is 7.99. The molecule has 0 aliphatic rings. The number of thioether (sulfide) groups is 1. The lowest BCUT2D eigenvalue weighted by atomic mass is 9.87. The summed E-state index contributed by atoms with van der Waals surface area (Å²) in [6.45, 7) is 6.43. The molecule has 2 amide bonds. The van der Waals surface area contributed by atoms with Crippen molar-refractivity contribution in [1.29, 1.82) is 0 Å². The van der Waals surface area contributed by atoms with Crippen molar-refractivity contribution in [3.05, 3.63) is 29.8 Å². The summed E-state index contributed by atoms with van der Waals surface area (Å²) >= 11 is 1.13. The SMILES string of the molecule is CN(C)C(=O)CNC(=O)CSc1nnc(-c2ccc(C(C)(C)C)cc2)o1. The minimum Gasteiger partial charge on any atom is -0.411 e. The van der Waals surface area contributed by atoms with E-state index in [9.17, 15) is 9.59 Å². The van der Waals surface area contributed by atoms with Gasteiger partial charge in [-0.05, 0) is 23.1 Å². The molecular weight excluding hydrogens is 352 g/mol. The van der Waals surface area contributed by atoms with E-state index in [4.69, 9.17) is 4.42 Å². The Morgan fingerprint density at radius 1 is 1.15 bits per heavy atom. The molecule has 0 spiro atoms. The second-order valence-corrected chi connectivity index (χ2v) is 7.98. The number of rotatable bonds is 6. The Bertz CT molecular complexity index is 763. The zero-order chi connectivity index (χ0) is 19.3. The predicted molar refractivity (Wildman–Crippen MR) is 101 cm³/mol. The molecule has 8 heteroatoms. The van der Waals surface area contributed by atoms with E-state index in [1.807, 2.05) is 24.3 Å². The van der Waals surface area contributed by atoms with E-state index in [-0.39, 0.29) is 29.5 Å². The third-order valence-corrected chi connectivity index (χ3v) is 4.49. The number of hydrogen-bond donors (Lipinski definition) is 1. The number of likely N-dealkylation sites (N-methyl/N-ethyl adjacent to an activating group) is 1. The largest absolute Gasteiger partial charge is 0.411 e. The average Bonchev–Trinajstić information content (AvgIpc) is 3.06. The Morgan fingerprint density at radius 2 is 1.81 bits per heavy atom. The molecular formula is C18H24N4O3S. The molecule has 7 nitrogen and oxygen atoms in total. The molecule has 1 aromatic carbocycles. The van der Waals surface area contributed by atoms with E-state index in [1.54, 1.807) is 14.1 Å². The van der Waals surface area contributed by atoms with Crippen LogP contribution in [0.25, 0.3) is 11.5 Å². The van der Waals surface area contributed by atoms with Crippen molar-refractivity contribution in [2.75, 3.05) is 26.4 Å². The van der Waals surface area contributed by atoms with Gasteiger partial charge in [0.15, 0.2) is 0 Å². The molecule has 2 aromatic rings. The Hall–Kier alpha value is -2.35. The molecule has 0 aliphatic carbocycles. The third-order valence-electron chi connectivity index (χ3n) is 3.67. The van der Waals surface area contributed by atoms with Crippen molar-refractivity contribution in [3.8, 4) is 11.5 Å². The summed E-state index contributed by atoms with van der Waals surface area (Å²) in [6.07, 6.45) is 0. The van der Waals surface area contributed by atoms with Crippen LogP contribution in [0.15, 0.2) is 33.9 Å². The van der Waals surface area contributed by atoms with Crippen LogP contribution in [0.5, 0.6) is 0 Å². The standard InChI is InChI=1S/C18H24N4O3S/c1-18(2,3)13-8-6-12(7-9-13)16-20-21-17(25-16)26-11-14(23)19-10-15(24)22(4)5/h6-9H,10-11H2,1-5H3,(H,19,23). The summed E-state index contributed by atoms with van der Waals surface area (Å²) in [6, 6.07) is 7.98. The Labute approximate surface area is 157 Å². The van der Waals surface area contributed by atoms with Gasteiger partial charge >= 0.3 is 0 Å². The number of carbonyl (C=O) groups excluding carboxylic acids is 2. The summed E-state index contributed by atoms with van der Waals surface area (Å²) in [4.78, 5) is 24.6. The molecule has 1 aromatic heterocycles. The molecule has 0 aliphatic heterocycles. The Kier molecular flexibility index (Phi) is 6.42. The predicted octanol–water partition coefficient (Wildman–Crippen LogP) is 2.33. The molecule has 0 bridgehead atoms. The number of nitrogens with zero attached hydrogens (tertiary/aromatic N) is 3. The Balaban J connectivity index is 1.89. The van der Waals surface area contributed by atoms with Crippen LogP contribution < -0.4 is 5.32 Å². The van der Waals surface area contributed by atoms with E-state index in [0.717, 1.165) is 17.3 Å². The number of carbonyl (C=O) groups is 2. The van der Waals surface area contributed by atoms with E-state index < -0.39 is 0 Å². The van der Waals surface area contributed by atoms with Crippen molar-refractivity contribution in [3.63, 3.8) is 0 Å². The maximum Gasteiger partial charge on any atom is 0.277 e. The number of nitrogens with one attached hydrogen (secondary N) is 1. The number of amides is 2. The van der Waals surface area contributed by atoms with Crippen LogP contribution in [0.1, 0.15) is 26.3 Å². The summed E-state index contributed by atoms with van der Waals surface area (Å²) in [5.41, 5.74) is 2.13. The summed E-state index contributed by atoms with van der Waals surface area (Å²) < 4.78 is 5.59. The summed E-state index contributed by atoms with van der Waals surface area (Å²) in [5.74, 6) is 0.0865. The van der Waals surface area contributed by atoms with Crippen molar-refractivity contribution in [1.82, 2.24) is 20.4 Å². The van der Waals surface area contributed by atoms with Crippen LogP contribution in [-0.2, 0) is 15.0 Å². The van der Waals surface area contributed by atoms with Crippen molar-refractivity contribution >= 4 is 23.6 Å². The lowest BCUT2D eigenvalue weighted by molar-refractivity contribution is -0.130. The van der Waals surface area contributed by atoms with Gasteiger partial charge in [-0.2, -0.15) is 0 Å². The maximum absolute atomic E-state index is 11.8. The molecule has 1 N–H and O–H groups in total. The average molecular weight is 376 g/mol. The Morgan fingerprint density at radius 3 is 2.38 bits per heavy atom. The maximum atomic E-state index is 11.8. The molecule has 140 valence electrons. The molecule has 0 fully saturated rings. The van der Waals surface area contributed by atoms with Crippen molar-refractivity contribution < 1.29 is 14.0 Å². The molecule has 0 atom stereocenters. The van der Waals surface area contributed by atoms with Gasteiger partial charge in [-0.1, -0.05) is 44.7 Å². The van der Waals surface area contributed by atoms with Gasteiger partial charge in [0.25, 0.3) is 5.22 Å². The normalized spacial score (nSPS) is 11.3. The van der Waals surface area contributed by atoms with Crippen LogP contribution in [0.4, 0.5) is 0 Å². The zero-order valence-electron chi connectivity index (χ0n) is 15.7. The van der Waals surface area contributed by atoms with Crippen LogP contribution in [0.2, 0.25) is 0 Å². The van der Waals surface area contributed by atoms with Gasteiger partial charge in [-0.25, -0.2) is 0 Å². The van der Waals surface area contributed by atoms with Gasteiger partial charge in [0.1, 0.15) is 0 Å². The van der Waals surface area contributed by atoms with Gasteiger partial charge in [-0.15, -0.1) is 10.2 Å². The fourth-order valence-electron chi connectivity index (χ4n) is 2.01. The monoisotopic (exact) mass is 376 g/mol. The first-order chi connectivity index (χ1) is 12.2. The number of aromatic nitrogens is 2. The summed E-state index contributed by atoms with van der Waals surface area (Å²) in [7, 11) is 3.27. The fourth-order valence-corrected chi connectivity index (χ4v) is 2.60. The van der Waals surface area contributed by atoms with E-state index in [1.165, 1.54) is 10.5 Å². The highest BCUT2D eigenvalue weighted by Crippen LogP contribution is 2.27. The first kappa shape index (κ1) is 20.0. The van der Waals surface area contributed by atoms with Crippen LogP contribution in [-0.4, -0.2) is 53.3 Å². The lowest BCUT2D eigenvalue weighted by Crippen LogP contribution is -2.36. The summed E-state index contributed by atoms with van der Waals surface area (Å²) in [5, 5.41) is 10.8. The fraction of sp³-hybridized carbons (Fsp3) is 0.444.